The SMILES string of the molecule is CC(C)CC(C)NC(=O)/C=C1\SC(=Nc2c(Cl)cccc2Cl)NC1=O. The molecule has 0 saturated carbocycles. The maximum atomic E-state index is 12.0. The molecule has 1 atom stereocenters. The van der Waals surface area contributed by atoms with E-state index in [-0.39, 0.29) is 22.8 Å². The summed E-state index contributed by atoms with van der Waals surface area (Å²) >= 11 is 13.2. The Hall–Kier alpha value is -1.50. The zero-order valence-electron chi connectivity index (χ0n) is 14.1. The maximum Gasteiger partial charge on any atom is 0.264 e. The van der Waals surface area contributed by atoms with Gasteiger partial charge in [-0.15, -0.1) is 0 Å². The van der Waals surface area contributed by atoms with Gasteiger partial charge in [0, 0.05) is 12.1 Å². The minimum atomic E-state index is -0.376. The number of carbonyl (C=O) groups is 2. The first-order chi connectivity index (χ1) is 11.8. The number of halogens is 2. The summed E-state index contributed by atoms with van der Waals surface area (Å²) in [7, 11) is 0. The van der Waals surface area contributed by atoms with Crippen LogP contribution in [0.15, 0.2) is 34.2 Å². The van der Waals surface area contributed by atoms with Crippen LogP contribution in [-0.2, 0) is 9.59 Å². The molecule has 0 aromatic heterocycles. The normalized spacial score (nSPS) is 18.7. The summed E-state index contributed by atoms with van der Waals surface area (Å²) in [5.41, 5.74) is 0.380. The number of nitrogens with zero attached hydrogens (tertiary/aromatic N) is 1. The van der Waals surface area contributed by atoms with Crippen molar-refractivity contribution in [1.82, 2.24) is 10.6 Å². The molecule has 0 bridgehead atoms. The second-order valence-corrected chi connectivity index (χ2v) is 7.94. The van der Waals surface area contributed by atoms with Gasteiger partial charge in [0.25, 0.3) is 5.91 Å². The minimum absolute atomic E-state index is 0.0360. The molecule has 25 heavy (non-hydrogen) atoms. The Balaban J connectivity index is 2.09. The predicted molar refractivity (Wildman–Crippen MR) is 104 cm³/mol. The van der Waals surface area contributed by atoms with Crippen molar-refractivity contribution < 1.29 is 9.59 Å². The summed E-state index contributed by atoms with van der Waals surface area (Å²) < 4.78 is 0. The Morgan fingerprint density at radius 2 is 1.96 bits per heavy atom. The lowest BCUT2D eigenvalue weighted by Crippen LogP contribution is -2.32. The predicted octanol–water partition coefficient (Wildman–Crippen LogP) is 4.28. The lowest BCUT2D eigenvalue weighted by Gasteiger charge is -2.14. The van der Waals surface area contributed by atoms with E-state index in [2.05, 4.69) is 29.5 Å². The Bertz CT molecular complexity index is 727. The van der Waals surface area contributed by atoms with Gasteiger partial charge in [0.2, 0.25) is 5.91 Å². The van der Waals surface area contributed by atoms with Gasteiger partial charge >= 0.3 is 0 Å². The van der Waals surface area contributed by atoms with Crippen LogP contribution >= 0.6 is 35.0 Å². The fourth-order valence-electron chi connectivity index (χ4n) is 2.35. The third-order valence-corrected chi connectivity index (χ3v) is 4.80. The van der Waals surface area contributed by atoms with Gasteiger partial charge in [-0.1, -0.05) is 43.1 Å². The highest BCUT2D eigenvalue weighted by Gasteiger charge is 2.25. The van der Waals surface area contributed by atoms with Crippen molar-refractivity contribution in [3.05, 3.63) is 39.2 Å². The Morgan fingerprint density at radius 1 is 1.32 bits per heavy atom. The summed E-state index contributed by atoms with van der Waals surface area (Å²) in [6.07, 6.45) is 2.15. The molecule has 2 N–H and O–H groups in total. The van der Waals surface area contributed by atoms with Gasteiger partial charge in [0.05, 0.1) is 15.0 Å². The highest BCUT2D eigenvalue weighted by Crippen LogP contribution is 2.35. The van der Waals surface area contributed by atoms with E-state index in [9.17, 15) is 9.59 Å². The average Bonchev–Trinajstić information content (AvgIpc) is 2.82. The zero-order chi connectivity index (χ0) is 18.6. The monoisotopic (exact) mass is 399 g/mol. The molecule has 1 heterocycles. The first-order valence-electron chi connectivity index (χ1n) is 7.80. The highest BCUT2D eigenvalue weighted by molar-refractivity contribution is 8.18. The highest BCUT2D eigenvalue weighted by atomic mass is 35.5. The lowest BCUT2D eigenvalue weighted by molar-refractivity contribution is -0.118. The first-order valence-corrected chi connectivity index (χ1v) is 9.37. The molecule has 1 aliphatic rings. The number of carbonyl (C=O) groups excluding carboxylic acids is 2. The van der Waals surface area contributed by atoms with E-state index in [1.165, 1.54) is 6.08 Å². The topological polar surface area (TPSA) is 70.6 Å². The Kier molecular flexibility index (Phi) is 6.93. The second kappa shape index (κ2) is 8.74. The molecule has 1 saturated heterocycles. The van der Waals surface area contributed by atoms with E-state index < -0.39 is 0 Å². The molecule has 1 aliphatic heterocycles. The molecule has 1 unspecified atom stereocenters. The van der Waals surface area contributed by atoms with Gasteiger partial charge in [-0.05, 0) is 43.2 Å². The number of aliphatic imine (C=N–C) groups is 1. The third-order valence-electron chi connectivity index (χ3n) is 3.28. The van der Waals surface area contributed by atoms with Crippen molar-refractivity contribution in [3.8, 4) is 0 Å². The zero-order valence-corrected chi connectivity index (χ0v) is 16.4. The van der Waals surface area contributed by atoms with Gasteiger partial charge < -0.3 is 10.6 Å². The molecule has 1 aromatic carbocycles. The van der Waals surface area contributed by atoms with Gasteiger partial charge in [-0.2, -0.15) is 0 Å². The molecule has 0 radical (unpaired) electrons. The smallest absolute Gasteiger partial charge is 0.264 e. The van der Waals surface area contributed by atoms with Crippen LogP contribution in [0.5, 0.6) is 0 Å². The number of nitrogens with one attached hydrogen (secondary N) is 2. The number of thioether (sulfide) groups is 1. The van der Waals surface area contributed by atoms with Gasteiger partial charge in [0.1, 0.15) is 5.69 Å². The van der Waals surface area contributed by atoms with Crippen LogP contribution in [0.4, 0.5) is 5.69 Å². The first kappa shape index (κ1) is 19.8. The molecular formula is C17H19Cl2N3O2S. The van der Waals surface area contributed by atoms with Gasteiger partial charge in [0.15, 0.2) is 5.17 Å². The number of benzene rings is 1. The second-order valence-electron chi connectivity index (χ2n) is 6.09. The molecule has 2 amide bonds. The van der Waals surface area contributed by atoms with Crippen LogP contribution in [0.1, 0.15) is 27.2 Å². The summed E-state index contributed by atoms with van der Waals surface area (Å²) in [4.78, 5) is 28.6. The van der Waals surface area contributed by atoms with Gasteiger partial charge in [-0.3, -0.25) is 9.59 Å². The molecule has 2 rings (SSSR count). The van der Waals surface area contributed by atoms with Crippen molar-refractivity contribution in [2.24, 2.45) is 10.9 Å². The summed E-state index contributed by atoms with van der Waals surface area (Å²) in [6.45, 7) is 6.11. The summed E-state index contributed by atoms with van der Waals surface area (Å²) in [5, 5.41) is 6.55. The van der Waals surface area contributed by atoms with Gasteiger partial charge in [-0.25, -0.2) is 4.99 Å². The largest absolute Gasteiger partial charge is 0.350 e. The number of para-hydroxylation sites is 1. The van der Waals surface area contributed by atoms with Crippen LogP contribution in [-0.4, -0.2) is 23.0 Å². The third kappa shape index (κ3) is 5.76. The van der Waals surface area contributed by atoms with E-state index in [4.69, 9.17) is 23.2 Å². The molecule has 1 fully saturated rings. The minimum Gasteiger partial charge on any atom is -0.350 e. The summed E-state index contributed by atoms with van der Waals surface area (Å²) in [5.74, 6) is -0.201. The van der Waals surface area contributed by atoms with Crippen molar-refractivity contribution in [2.45, 2.75) is 33.2 Å². The van der Waals surface area contributed by atoms with Crippen LogP contribution in [0.25, 0.3) is 0 Å². The standard InChI is InChI=1S/C17H19Cl2N3O2S/c1-9(2)7-10(3)20-14(23)8-13-16(24)22-17(25-13)21-15-11(18)5-4-6-12(15)19/h4-6,8-10H,7H2,1-3H3,(H,20,23)(H,21,22,24)/b13-8-. The molecule has 0 spiro atoms. The van der Waals surface area contributed by atoms with Crippen molar-refractivity contribution >= 4 is 57.6 Å². The Morgan fingerprint density at radius 3 is 2.56 bits per heavy atom. The molecule has 1 aromatic rings. The van der Waals surface area contributed by atoms with Crippen LogP contribution in [0.2, 0.25) is 10.0 Å². The van der Waals surface area contributed by atoms with E-state index in [1.54, 1.807) is 18.2 Å². The molecule has 0 aliphatic carbocycles. The number of hydrogen-bond acceptors (Lipinski definition) is 4. The van der Waals surface area contributed by atoms with Crippen LogP contribution in [0.3, 0.4) is 0 Å². The van der Waals surface area contributed by atoms with E-state index >= 15 is 0 Å². The quantitative estimate of drug-likeness (QED) is 0.725. The number of amides is 2. The average molecular weight is 400 g/mol. The maximum absolute atomic E-state index is 12.0. The number of hydrogen-bond donors (Lipinski definition) is 2. The van der Waals surface area contributed by atoms with Crippen molar-refractivity contribution in [2.75, 3.05) is 0 Å². The van der Waals surface area contributed by atoms with Crippen molar-refractivity contribution in [1.29, 1.82) is 0 Å². The van der Waals surface area contributed by atoms with Crippen LogP contribution in [0, 0.1) is 5.92 Å². The van der Waals surface area contributed by atoms with Crippen LogP contribution < -0.4 is 10.6 Å². The number of amidine groups is 1. The van der Waals surface area contributed by atoms with E-state index in [0.29, 0.717) is 26.8 Å². The lowest BCUT2D eigenvalue weighted by atomic mass is 10.1. The molecular weight excluding hydrogens is 381 g/mol. The summed E-state index contributed by atoms with van der Waals surface area (Å²) in [6, 6.07) is 5.07. The van der Waals surface area contributed by atoms with E-state index in [0.717, 1.165) is 18.2 Å². The molecule has 5 nitrogen and oxygen atoms in total. The molecule has 134 valence electrons. The Labute approximate surface area is 161 Å². The van der Waals surface area contributed by atoms with E-state index in [1.807, 2.05) is 6.92 Å². The fourth-order valence-corrected chi connectivity index (χ4v) is 3.63. The van der Waals surface area contributed by atoms with Crippen molar-refractivity contribution in [3.63, 3.8) is 0 Å². The fraction of sp³-hybridized carbons (Fsp3) is 0.353. The molecule has 8 heteroatoms. The number of rotatable bonds is 5.